The van der Waals surface area contributed by atoms with Crippen molar-refractivity contribution in [2.75, 3.05) is 0 Å². The zero-order valence-corrected chi connectivity index (χ0v) is 13.6. The molecular formula is C18H19N3O3. The highest BCUT2D eigenvalue weighted by Crippen LogP contribution is 2.17. The van der Waals surface area contributed by atoms with E-state index < -0.39 is 0 Å². The van der Waals surface area contributed by atoms with Crippen LogP contribution in [0.2, 0.25) is 0 Å². The Morgan fingerprint density at radius 3 is 2.71 bits per heavy atom. The first kappa shape index (κ1) is 15.9. The van der Waals surface area contributed by atoms with Crippen LogP contribution < -0.4 is 10.1 Å². The molecule has 6 heteroatoms. The van der Waals surface area contributed by atoms with E-state index in [1.165, 1.54) is 0 Å². The summed E-state index contributed by atoms with van der Waals surface area (Å²) < 4.78 is 7.27. The van der Waals surface area contributed by atoms with Crippen LogP contribution in [0.3, 0.4) is 0 Å². The molecule has 0 atom stereocenters. The van der Waals surface area contributed by atoms with Crippen LogP contribution in [0.5, 0.6) is 11.5 Å². The number of hydrogen-bond acceptors (Lipinski definition) is 4. The minimum Gasteiger partial charge on any atom is -0.504 e. The van der Waals surface area contributed by atoms with Gasteiger partial charge in [0.1, 0.15) is 5.75 Å². The predicted octanol–water partition coefficient (Wildman–Crippen LogP) is 2.76. The number of amides is 1. The molecule has 0 saturated carbocycles. The highest BCUT2D eigenvalue weighted by atomic mass is 16.5. The minimum absolute atomic E-state index is 0.0936. The SMILES string of the molecule is CC(C)Oc1ccc(C(=O)NCc2cn3cccc(O)c3n2)cc1. The van der Waals surface area contributed by atoms with Crippen LogP contribution in [0, 0.1) is 0 Å². The van der Waals surface area contributed by atoms with Gasteiger partial charge in [0.05, 0.1) is 18.3 Å². The summed E-state index contributed by atoms with van der Waals surface area (Å²) in [7, 11) is 0. The Bertz CT molecular complexity index is 854. The molecule has 0 unspecified atom stereocenters. The molecule has 0 aliphatic carbocycles. The first-order chi connectivity index (χ1) is 11.5. The Hall–Kier alpha value is -3.02. The number of hydrogen-bond donors (Lipinski definition) is 2. The van der Waals surface area contributed by atoms with Crippen molar-refractivity contribution in [1.29, 1.82) is 0 Å². The van der Waals surface area contributed by atoms with E-state index in [9.17, 15) is 9.90 Å². The van der Waals surface area contributed by atoms with Crippen LogP contribution in [-0.2, 0) is 6.54 Å². The average molecular weight is 325 g/mol. The number of nitrogens with one attached hydrogen (secondary N) is 1. The maximum absolute atomic E-state index is 12.2. The van der Waals surface area contributed by atoms with Crippen LogP contribution in [0.4, 0.5) is 0 Å². The fraction of sp³-hybridized carbons (Fsp3) is 0.222. The molecule has 1 aromatic carbocycles. The average Bonchev–Trinajstić information content (AvgIpc) is 2.97. The van der Waals surface area contributed by atoms with Gasteiger partial charge in [-0.05, 0) is 50.2 Å². The summed E-state index contributed by atoms with van der Waals surface area (Å²) in [6, 6.07) is 10.3. The smallest absolute Gasteiger partial charge is 0.251 e. The van der Waals surface area contributed by atoms with E-state index in [-0.39, 0.29) is 24.3 Å². The van der Waals surface area contributed by atoms with E-state index >= 15 is 0 Å². The predicted molar refractivity (Wildman–Crippen MR) is 90.2 cm³/mol. The van der Waals surface area contributed by atoms with E-state index in [0.717, 1.165) is 5.75 Å². The van der Waals surface area contributed by atoms with Crippen molar-refractivity contribution >= 4 is 11.6 Å². The van der Waals surface area contributed by atoms with Crippen LogP contribution in [-0.4, -0.2) is 26.5 Å². The number of benzene rings is 1. The fourth-order valence-electron chi connectivity index (χ4n) is 2.36. The molecule has 3 rings (SSSR count). The third kappa shape index (κ3) is 3.48. The molecule has 0 radical (unpaired) electrons. The molecule has 3 aromatic rings. The largest absolute Gasteiger partial charge is 0.504 e. The van der Waals surface area contributed by atoms with Crippen molar-refractivity contribution in [2.45, 2.75) is 26.5 Å². The summed E-state index contributed by atoms with van der Waals surface area (Å²) in [5.74, 6) is 0.653. The monoisotopic (exact) mass is 325 g/mol. The van der Waals surface area contributed by atoms with E-state index in [1.807, 2.05) is 13.8 Å². The molecular weight excluding hydrogens is 306 g/mol. The van der Waals surface area contributed by atoms with E-state index in [4.69, 9.17) is 4.74 Å². The summed E-state index contributed by atoms with van der Waals surface area (Å²) in [4.78, 5) is 16.5. The quantitative estimate of drug-likeness (QED) is 0.756. The summed E-state index contributed by atoms with van der Waals surface area (Å²) >= 11 is 0. The molecule has 6 nitrogen and oxygen atoms in total. The van der Waals surface area contributed by atoms with Crippen molar-refractivity contribution in [3.05, 3.63) is 60.0 Å². The second kappa shape index (κ2) is 6.62. The third-order valence-corrected chi connectivity index (χ3v) is 3.43. The molecule has 0 fully saturated rings. The lowest BCUT2D eigenvalue weighted by Gasteiger charge is -2.10. The first-order valence-electron chi connectivity index (χ1n) is 7.73. The summed E-state index contributed by atoms with van der Waals surface area (Å²) in [5.41, 5.74) is 1.69. The van der Waals surface area contributed by atoms with Gasteiger partial charge < -0.3 is 19.6 Å². The molecule has 0 saturated heterocycles. The van der Waals surface area contributed by atoms with Gasteiger partial charge in [0.15, 0.2) is 11.4 Å². The number of rotatable bonds is 5. The van der Waals surface area contributed by atoms with Crippen LogP contribution in [0.15, 0.2) is 48.8 Å². The number of pyridine rings is 1. The minimum atomic E-state index is -0.188. The van der Waals surface area contributed by atoms with Crippen LogP contribution in [0.25, 0.3) is 5.65 Å². The molecule has 1 amide bonds. The number of aromatic hydroxyl groups is 1. The third-order valence-electron chi connectivity index (χ3n) is 3.43. The van der Waals surface area contributed by atoms with Gasteiger partial charge in [0.25, 0.3) is 5.91 Å². The normalized spacial score (nSPS) is 11.0. The van der Waals surface area contributed by atoms with Gasteiger partial charge >= 0.3 is 0 Å². The Labute approximate surface area is 139 Å². The summed E-state index contributed by atoms with van der Waals surface area (Å²) in [5, 5.41) is 12.6. The van der Waals surface area contributed by atoms with E-state index in [0.29, 0.717) is 16.9 Å². The molecule has 0 aliphatic heterocycles. The van der Waals surface area contributed by atoms with E-state index in [2.05, 4.69) is 10.3 Å². The number of carbonyl (C=O) groups is 1. The van der Waals surface area contributed by atoms with E-state index in [1.54, 1.807) is 53.2 Å². The van der Waals surface area contributed by atoms with Crippen molar-refractivity contribution in [1.82, 2.24) is 14.7 Å². The van der Waals surface area contributed by atoms with Crippen molar-refractivity contribution < 1.29 is 14.6 Å². The first-order valence-corrected chi connectivity index (χ1v) is 7.73. The number of aromatic nitrogens is 2. The van der Waals surface area contributed by atoms with Crippen molar-refractivity contribution in [3.63, 3.8) is 0 Å². The molecule has 2 aromatic heterocycles. The maximum Gasteiger partial charge on any atom is 0.251 e. The molecule has 0 bridgehead atoms. The van der Waals surface area contributed by atoms with Gasteiger partial charge in [0, 0.05) is 18.0 Å². The van der Waals surface area contributed by atoms with Gasteiger partial charge in [0.2, 0.25) is 0 Å². The zero-order chi connectivity index (χ0) is 17.1. The zero-order valence-electron chi connectivity index (χ0n) is 13.6. The molecule has 0 aliphatic rings. The number of carbonyl (C=O) groups excluding carboxylic acids is 1. The fourth-order valence-corrected chi connectivity index (χ4v) is 2.36. The van der Waals surface area contributed by atoms with Crippen LogP contribution in [0.1, 0.15) is 29.9 Å². The second-order valence-electron chi connectivity index (χ2n) is 5.73. The van der Waals surface area contributed by atoms with Gasteiger partial charge in [-0.3, -0.25) is 4.79 Å². The van der Waals surface area contributed by atoms with Crippen molar-refractivity contribution in [2.24, 2.45) is 0 Å². The molecule has 124 valence electrons. The van der Waals surface area contributed by atoms with Gasteiger partial charge in [-0.2, -0.15) is 0 Å². The second-order valence-corrected chi connectivity index (χ2v) is 5.73. The standard InChI is InChI=1S/C18H19N3O3/c1-12(2)24-15-7-5-13(6-8-15)18(23)19-10-14-11-21-9-3-4-16(22)17(21)20-14/h3-9,11-12,22H,10H2,1-2H3,(H,19,23). The Kier molecular flexibility index (Phi) is 4.37. The Balaban J connectivity index is 1.65. The lowest BCUT2D eigenvalue weighted by atomic mass is 10.2. The number of ether oxygens (including phenoxy) is 1. The highest BCUT2D eigenvalue weighted by molar-refractivity contribution is 5.94. The molecule has 0 spiro atoms. The molecule has 2 heterocycles. The maximum atomic E-state index is 12.2. The highest BCUT2D eigenvalue weighted by Gasteiger charge is 2.09. The summed E-state index contributed by atoms with van der Waals surface area (Å²) in [6.45, 7) is 4.19. The summed E-state index contributed by atoms with van der Waals surface area (Å²) in [6.07, 6.45) is 3.66. The van der Waals surface area contributed by atoms with Gasteiger partial charge in [-0.1, -0.05) is 0 Å². The number of imidazole rings is 1. The molecule has 2 N–H and O–H groups in total. The lowest BCUT2D eigenvalue weighted by Crippen LogP contribution is -2.22. The topological polar surface area (TPSA) is 75.9 Å². The van der Waals surface area contributed by atoms with Crippen molar-refractivity contribution in [3.8, 4) is 11.5 Å². The lowest BCUT2D eigenvalue weighted by molar-refractivity contribution is 0.0950. The number of nitrogens with zero attached hydrogens (tertiary/aromatic N) is 2. The Morgan fingerprint density at radius 1 is 1.29 bits per heavy atom. The Morgan fingerprint density at radius 2 is 2.04 bits per heavy atom. The van der Waals surface area contributed by atoms with Gasteiger partial charge in [-0.25, -0.2) is 4.98 Å². The van der Waals surface area contributed by atoms with Gasteiger partial charge in [-0.15, -0.1) is 0 Å². The molecule has 24 heavy (non-hydrogen) atoms. The van der Waals surface area contributed by atoms with Crippen LogP contribution >= 0.6 is 0 Å². The number of fused-ring (bicyclic) bond motifs is 1.